The Bertz CT molecular complexity index is 399. The van der Waals surface area contributed by atoms with Crippen LogP contribution in [0.4, 0.5) is 0 Å². The monoisotopic (exact) mass is 221 g/mol. The minimum absolute atomic E-state index is 0.0774. The van der Waals surface area contributed by atoms with Crippen LogP contribution in [0.2, 0.25) is 0 Å². The van der Waals surface area contributed by atoms with Crippen molar-refractivity contribution in [3.05, 3.63) is 35.4 Å². The summed E-state index contributed by atoms with van der Waals surface area (Å²) in [5, 5.41) is 20.9. The van der Waals surface area contributed by atoms with Crippen molar-refractivity contribution in [1.29, 1.82) is 0 Å². The van der Waals surface area contributed by atoms with E-state index in [-0.39, 0.29) is 18.3 Å². The topological polar surface area (TPSA) is 69.6 Å². The number of aliphatic hydroxyl groups excluding tert-OH is 1. The molecule has 4 nitrogen and oxygen atoms in total. The number of carbonyl (C=O) groups excluding carboxylic acids is 1. The van der Waals surface area contributed by atoms with Crippen LogP contribution in [-0.4, -0.2) is 22.7 Å². The predicted octanol–water partition coefficient (Wildman–Crippen LogP) is 1.03. The van der Waals surface area contributed by atoms with Gasteiger partial charge in [0.1, 0.15) is 5.75 Å². The number of hydrogen-bond donors (Lipinski definition) is 3. The van der Waals surface area contributed by atoms with E-state index in [0.29, 0.717) is 12.1 Å². The molecule has 0 unspecified atom stereocenters. The number of hydrogen-bond acceptors (Lipinski definition) is 3. The van der Waals surface area contributed by atoms with E-state index < -0.39 is 0 Å². The second kappa shape index (κ2) is 5.92. The van der Waals surface area contributed by atoms with E-state index in [0.717, 1.165) is 5.56 Å². The van der Waals surface area contributed by atoms with Gasteiger partial charge in [0.05, 0.1) is 6.61 Å². The zero-order chi connectivity index (χ0) is 12.0. The number of rotatable bonds is 4. The van der Waals surface area contributed by atoms with E-state index in [9.17, 15) is 9.90 Å². The maximum Gasteiger partial charge on any atom is 0.217 e. The molecule has 0 aliphatic heterocycles. The zero-order valence-corrected chi connectivity index (χ0v) is 9.10. The summed E-state index contributed by atoms with van der Waals surface area (Å²) in [7, 11) is 0. The molecule has 0 radical (unpaired) electrons. The van der Waals surface area contributed by atoms with Crippen LogP contribution < -0.4 is 5.32 Å². The molecule has 3 N–H and O–H groups in total. The van der Waals surface area contributed by atoms with Crippen LogP contribution in [0.15, 0.2) is 24.3 Å². The molecule has 0 aromatic heterocycles. The van der Waals surface area contributed by atoms with E-state index in [1.54, 1.807) is 18.2 Å². The summed E-state index contributed by atoms with van der Waals surface area (Å²) in [5.74, 6) is 0.00733. The minimum atomic E-state index is -0.195. The Morgan fingerprint density at radius 1 is 1.50 bits per heavy atom. The normalized spacial score (nSPS) is 10.6. The molecule has 0 bridgehead atoms. The van der Waals surface area contributed by atoms with Crippen molar-refractivity contribution < 1.29 is 15.0 Å². The number of carbonyl (C=O) groups is 1. The quantitative estimate of drug-likeness (QED) is 0.711. The van der Waals surface area contributed by atoms with Crippen molar-refractivity contribution in [3.8, 4) is 5.75 Å². The van der Waals surface area contributed by atoms with E-state index in [1.807, 2.05) is 6.08 Å². The Labute approximate surface area is 94.2 Å². The lowest BCUT2D eigenvalue weighted by molar-refractivity contribution is -0.118. The first-order valence-corrected chi connectivity index (χ1v) is 4.97. The molecule has 1 rings (SSSR count). The lowest BCUT2D eigenvalue weighted by atomic mass is 10.1. The molecule has 0 saturated heterocycles. The fourth-order valence-corrected chi connectivity index (χ4v) is 1.23. The number of nitrogens with one attached hydrogen (secondary N) is 1. The van der Waals surface area contributed by atoms with Crippen LogP contribution in [-0.2, 0) is 11.4 Å². The van der Waals surface area contributed by atoms with Gasteiger partial charge in [-0.1, -0.05) is 18.2 Å². The molecule has 0 aliphatic rings. The van der Waals surface area contributed by atoms with Crippen molar-refractivity contribution >= 4 is 12.0 Å². The third kappa shape index (κ3) is 3.74. The van der Waals surface area contributed by atoms with Crippen LogP contribution in [0.3, 0.4) is 0 Å². The van der Waals surface area contributed by atoms with E-state index in [4.69, 9.17) is 5.11 Å². The maximum atomic E-state index is 10.6. The van der Waals surface area contributed by atoms with Gasteiger partial charge in [0.2, 0.25) is 5.91 Å². The molecule has 16 heavy (non-hydrogen) atoms. The van der Waals surface area contributed by atoms with E-state index in [1.165, 1.54) is 13.0 Å². The largest absolute Gasteiger partial charge is 0.508 e. The SMILES string of the molecule is CC(=O)NCC=Cc1ccc(O)c(CO)c1. The number of phenols is 1. The Balaban J connectivity index is 2.63. The minimum Gasteiger partial charge on any atom is -0.508 e. The highest BCUT2D eigenvalue weighted by atomic mass is 16.3. The van der Waals surface area contributed by atoms with E-state index >= 15 is 0 Å². The molecule has 1 aromatic rings. The number of benzene rings is 1. The Morgan fingerprint density at radius 3 is 2.88 bits per heavy atom. The van der Waals surface area contributed by atoms with Crippen molar-refractivity contribution in [3.63, 3.8) is 0 Å². The van der Waals surface area contributed by atoms with Gasteiger partial charge >= 0.3 is 0 Å². The fourth-order valence-electron chi connectivity index (χ4n) is 1.23. The second-order valence-corrected chi connectivity index (χ2v) is 3.39. The lowest BCUT2D eigenvalue weighted by Crippen LogP contribution is -2.19. The highest BCUT2D eigenvalue weighted by Gasteiger charge is 1.99. The summed E-state index contributed by atoms with van der Waals surface area (Å²) in [4.78, 5) is 10.6. The molecular formula is C12H15NO3. The first kappa shape index (κ1) is 12.3. The summed E-state index contributed by atoms with van der Waals surface area (Å²) in [6.45, 7) is 1.72. The summed E-state index contributed by atoms with van der Waals surface area (Å²) in [6.07, 6.45) is 3.61. The van der Waals surface area contributed by atoms with Gasteiger partial charge in [-0.2, -0.15) is 0 Å². The third-order valence-corrected chi connectivity index (χ3v) is 2.05. The molecular weight excluding hydrogens is 206 g/mol. The second-order valence-electron chi connectivity index (χ2n) is 3.39. The third-order valence-electron chi connectivity index (χ3n) is 2.05. The Hall–Kier alpha value is -1.81. The van der Waals surface area contributed by atoms with Crippen LogP contribution in [0.25, 0.3) is 6.08 Å². The van der Waals surface area contributed by atoms with Crippen molar-refractivity contribution in [2.24, 2.45) is 0 Å². The van der Waals surface area contributed by atoms with Gasteiger partial charge in [0.25, 0.3) is 0 Å². The van der Waals surface area contributed by atoms with Crippen LogP contribution in [0.1, 0.15) is 18.1 Å². The average Bonchev–Trinajstić information content (AvgIpc) is 2.26. The summed E-state index contributed by atoms with van der Waals surface area (Å²) >= 11 is 0. The zero-order valence-electron chi connectivity index (χ0n) is 9.10. The van der Waals surface area contributed by atoms with Gasteiger partial charge in [-0.15, -0.1) is 0 Å². The van der Waals surface area contributed by atoms with Crippen LogP contribution in [0.5, 0.6) is 5.75 Å². The molecule has 0 heterocycles. The fraction of sp³-hybridized carbons (Fsp3) is 0.250. The molecule has 0 atom stereocenters. The molecule has 0 spiro atoms. The lowest BCUT2D eigenvalue weighted by Gasteiger charge is -2.02. The molecule has 4 heteroatoms. The van der Waals surface area contributed by atoms with Gasteiger partial charge < -0.3 is 15.5 Å². The van der Waals surface area contributed by atoms with Gasteiger partial charge in [0.15, 0.2) is 0 Å². The van der Waals surface area contributed by atoms with Crippen molar-refractivity contribution in [2.75, 3.05) is 6.54 Å². The summed E-state index contributed by atoms with van der Waals surface area (Å²) in [6, 6.07) is 4.96. The van der Waals surface area contributed by atoms with Crippen LogP contribution >= 0.6 is 0 Å². The van der Waals surface area contributed by atoms with E-state index in [2.05, 4.69) is 5.32 Å². The van der Waals surface area contributed by atoms with Crippen molar-refractivity contribution in [2.45, 2.75) is 13.5 Å². The maximum absolute atomic E-state index is 10.6. The van der Waals surface area contributed by atoms with Gasteiger partial charge in [-0.3, -0.25) is 4.79 Å². The Kier molecular flexibility index (Phi) is 4.54. The van der Waals surface area contributed by atoms with Gasteiger partial charge in [-0.05, 0) is 17.7 Å². The first-order chi connectivity index (χ1) is 7.63. The van der Waals surface area contributed by atoms with Crippen LogP contribution in [0, 0.1) is 0 Å². The average molecular weight is 221 g/mol. The first-order valence-electron chi connectivity index (χ1n) is 4.97. The summed E-state index contributed by atoms with van der Waals surface area (Å²) in [5.41, 5.74) is 1.36. The number of aliphatic hydroxyl groups is 1. The van der Waals surface area contributed by atoms with Gasteiger partial charge in [0, 0.05) is 19.0 Å². The number of amides is 1. The smallest absolute Gasteiger partial charge is 0.217 e. The molecule has 86 valence electrons. The molecule has 0 fully saturated rings. The Morgan fingerprint density at radius 2 is 2.25 bits per heavy atom. The molecule has 0 saturated carbocycles. The summed E-state index contributed by atoms with van der Waals surface area (Å²) < 4.78 is 0. The molecule has 1 aromatic carbocycles. The standard InChI is InChI=1S/C12H15NO3/c1-9(15)13-6-2-3-10-4-5-12(16)11(7-10)8-14/h2-5,7,14,16H,6,8H2,1H3,(H,13,15). The highest BCUT2D eigenvalue weighted by Crippen LogP contribution is 2.18. The van der Waals surface area contributed by atoms with Crippen molar-refractivity contribution in [1.82, 2.24) is 5.32 Å². The highest BCUT2D eigenvalue weighted by molar-refractivity contribution is 5.73. The predicted molar refractivity (Wildman–Crippen MR) is 61.7 cm³/mol. The van der Waals surface area contributed by atoms with Gasteiger partial charge in [-0.25, -0.2) is 0 Å². The molecule has 0 aliphatic carbocycles. The molecule has 1 amide bonds. The number of aromatic hydroxyl groups is 1.